The molecule has 6 nitrogen and oxygen atoms in total. The number of hydrogen-bond acceptors (Lipinski definition) is 5. The summed E-state index contributed by atoms with van der Waals surface area (Å²) in [5.74, 6) is 1.50. The lowest BCUT2D eigenvalue weighted by Crippen LogP contribution is -1.96. The summed E-state index contributed by atoms with van der Waals surface area (Å²) < 4.78 is 3.60. The van der Waals surface area contributed by atoms with E-state index in [4.69, 9.17) is 5.10 Å². The van der Waals surface area contributed by atoms with Crippen molar-refractivity contribution < 1.29 is 0 Å². The van der Waals surface area contributed by atoms with Gasteiger partial charge in [0.2, 0.25) is 0 Å². The van der Waals surface area contributed by atoms with Crippen LogP contribution in [0.4, 0.5) is 0 Å². The monoisotopic (exact) mass is 348 g/mol. The summed E-state index contributed by atoms with van der Waals surface area (Å²) in [7, 11) is 0. The molecule has 25 heavy (non-hydrogen) atoms. The first-order valence-electron chi connectivity index (χ1n) is 7.84. The van der Waals surface area contributed by atoms with Crippen molar-refractivity contribution in [2.75, 3.05) is 0 Å². The van der Waals surface area contributed by atoms with Crippen LogP contribution in [0, 0.1) is 13.8 Å². The minimum atomic E-state index is 0.752. The summed E-state index contributed by atoms with van der Waals surface area (Å²) in [5, 5.41) is 19.4. The van der Waals surface area contributed by atoms with Crippen molar-refractivity contribution in [3.8, 4) is 16.3 Å². The van der Waals surface area contributed by atoms with E-state index in [0.717, 1.165) is 33.5 Å². The quantitative estimate of drug-likeness (QED) is 0.528. The van der Waals surface area contributed by atoms with Crippen LogP contribution in [0.5, 0.6) is 0 Å². The summed E-state index contributed by atoms with van der Waals surface area (Å²) in [5.41, 5.74) is 2.86. The molecule has 0 unspecified atom stereocenters. The Morgan fingerprint density at radius 3 is 2.44 bits per heavy atom. The Bertz CT molecular complexity index is 992. The number of benzene rings is 1. The lowest BCUT2D eigenvalue weighted by Gasteiger charge is -1.98. The molecule has 0 fully saturated rings. The number of aromatic nitrogens is 5. The van der Waals surface area contributed by atoms with E-state index in [2.05, 4.69) is 21.4 Å². The molecule has 3 aromatic heterocycles. The first kappa shape index (κ1) is 15.5. The number of para-hydroxylation sites is 1. The number of thiophene rings is 1. The number of nitrogens with zero attached hydrogens (tertiary/aromatic N) is 6. The van der Waals surface area contributed by atoms with Crippen LogP contribution >= 0.6 is 11.3 Å². The summed E-state index contributed by atoms with van der Waals surface area (Å²) >= 11 is 1.66. The van der Waals surface area contributed by atoms with Crippen molar-refractivity contribution in [2.45, 2.75) is 13.8 Å². The van der Waals surface area contributed by atoms with Gasteiger partial charge >= 0.3 is 0 Å². The SMILES string of the molecule is Cc1nnc(C)n1N=Cc1cn(-c2ccccc2)nc1-c1cccs1. The van der Waals surface area contributed by atoms with Gasteiger partial charge < -0.3 is 0 Å². The summed E-state index contributed by atoms with van der Waals surface area (Å²) in [6.45, 7) is 3.76. The highest BCUT2D eigenvalue weighted by molar-refractivity contribution is 7.13. The molecular weight excluding hydrogens is 332 g/mol. The van der Waals surface area contributed by atoms with Gasteiger partial charge in [-0.2, -0.15) is 10.2 Å². The van der Waals surface area contributed by atoms with E-state index in [0.29, 0.717) is 0 Å². The van der Waals surface area contributed by atoms with Gasteiger partial charge in [0.25, 0.3) is 0 Å². The van der Waals surface area contributed by atoms with Crippen molar-refractivity contribution in [2.24, 2.45) is 5.10 Å². The van der Waals surface area contributed by atoms with E-state index in [-0.39, 0.29) is 0 Å². The zero-order valence-corrected chi connectivity index (χ0v) is 14.7. The highest BCUT2D eigenvalue weighted by Crippen LogP contribution is 2.26. The van der Waals surface area contributed by atoms with E-state index < -0.39 is 0 Å². The molecule has 0 saturated carbocycles. The second kappa shape index (κ2) is 6.45. The van der Waals surface area contributed by atoms with Gasteiger partial charge in [0, 0.05) is 11.8 Å². The zero-order valence-electron chi connectivity index (χ0n) is 13.9. The third-order valence-corrected chi connectivity index (χ3v) is 4.66. The lowest BCUT2D eigenvalue weighted by atomic mass is 10.2. The molecule has 124 valence electrons. The normalized spacial score (nSPS) is 11.4. The van der Waals surface area contributed by atoms with Gasteiger partial charge in [0.05, 0.1) is 16.8 Å². The Labute approximate surface area is 149 Å². The lowest BCUT2D eigenvalue weighted by molar-refractivity contribution is 0.799. The van der Waals surface area contributed by atoms with Crippen LogP contribution in [-0.4, -0.2) is 30.9 Å². The molecule has 0 aliphatic rings. The first-order valence-corrected chi connectivity index (χ1v) is 8.72. The van der Waals surface area contributed by atoms with Crippen LogP contribution in [0.3, 0.4) is 0 Å². The molecule has 0 aliphatic heterocycles. The maximum absolute atomic E-state index is 4.76. The molecule has 0 saturated heterocycles. The number of rotatable bonds is 4. The predicted octanol–water partition coefficient (Wildman–Crippen LogP) is 3.69. The van der Waals surface area contributed by atoms with Crippen LogP contribution in [0.15, 0.2) is 59.1 Å². The maximum Gasteiger partial charge on any atom is 0.151 e. The number of aryl methyl sites for hydroxylation is 2. The second-order valence-electron chi connectivity index (χ2n) is 5.54. The van der Waals surface area contributed by atoms with E-state index >= 15 is 0 Å². The fraction of sp³-hybridized carbons (Fsp3) is 0.111. The predicted molar refractivity (Wildman–Crippen MR) is 99.4 cm³/mol. The van der Waals surface area contributed by atoms with E-state index in [1.54, 1.807) is 16.0 Å². The Kier molecular flexibility index (Phi) is 3.99. The van der Waals surface area contributed by atoms with Gasteiger partial charge in [-0.05, 0) is 37.4 Å². The Hall–Kier alpha value is -3.06. The molecule has 0 radical (unpaired) electrons. The van der Waals surface area contributed by atoms with Crippen molar-refractivity contribution in [3.63, 3.8) is 0 Å². The molecule has 0 N–H and O–H groups in total. The van der Waals surface area contributed by atoms with Crippen LogP contribution in [0.1, 0.15) is 17.2 Å². The highest BCUT2D eigenvalue weighted by Gasteiger charge is 2.12. The van der Waals surface area contributed by atoms with E-state index in [1.165, 1.54) is 0 Å². The van der Waals surface area contributed by atoms with Gasteiger partial charge in [0.15, 0.2) is 11.6 Å². The van der Waals surface area contributed by atoms with Crippen LogP contribution < -0.4 is 0 Å². The third-order valence-electron chi connectivity index (χ3n) is 3.78. The number of hydrogen-bond donors (Lipinski definition) is 0. The van der Waals surface area contributed by atoms with Gasteiger partial charge in [-0.25, -0.2) is 9.36 Å². The minimum absolute atomic E-state index is 0.752. The fourth-order valence-corrected chi connectivity index (χ4v) is 3.28. The standard InChI is InChI=1S/C18H16N6S/c1-13-20-21-14(2)24(13)19-11-15-12-23(16-7-4-3-5-8-16)22-18(15)17-9-6-10-25-17/h3-12H,1-2H3. The average molecular weight is 348 g/mol. The van der Waals surface area contributed by atoms with E-state index in [9.17, 15) is 0 Å². The molecule has 3 heterocycles. The van der Waals surface area contributed by atoms with Crippen molar-refractivity contribution >= 4 is 17.6 Å². The van der Waals surface area contributed by atoms with Gasteiger partial charge in [-0.15, -0.1) is 21.5 Å². The molecular formula is C18H16N6S. The van der Waals surface area contributed by atoms with Crippen molar-refractivity contribution in [1.82, 2.24) is 24.7 Å². The highest BCUT2D eigenvalue weighted by atomic mass is 32.1. The van der Waals surface area contributed by atoms with Crippen molar-refractivity contribution in [1.29, 1.82) is 0 Å². The molecule has 7 heteroatoms. The summed E-state index contributed by atoms with van der Waals surface area (Å²) in [6, 6.07) is 14.1. The topological polar surface area (TPSA) is 60.9 Å². The van der Waals surface area contributed by atoms with Gasteiger partial charge in [0.1, 0.15) is 5.69 Å². The van der Waals surface area contributed by atoms with Crippen LogP contribution in [0.25, 0.3) is 16.3 Å². The molecule has 4 aromatic rings. The van der Waals surface area contributed by atoms with Crippen LogP contribution in [-0.2, 0) is 0 Å². The smallest absolute Gasteiger partial charge is 0.151 e. The molecule has 1 aromatic carbocycles. The Morgan fingerprint density at radius 1 is 1.00 bits per heavy atom. The fourth-order valence-electron chi connectivity index (χ4n) is 2.55. The molecule has 0 spiro atoms. The largest absolute Gasteiger partial charge is 0.240 e. The molecule has 0 bridgehead atoms. The summed E-state index contributed by atoms with van der Waals surface area (Å²) in [6.07, 6.45) is 3.80. The first-order chi connectivity index (χ1) is 12.2. The molecule has 0 aliphatic carbocycles. The average Bonchev–Trinajstić information content (AvgIpc) is 3.35. The second-order valence-corrected chi connectivity index (χ2v) is 6.49. The van der Waals surface area contributed by atoms with Gasteiger partial charge in [-0.1, -0.05) is 24.3 Å². The Balaban J connectivity index is 1.79. The summed E-state index contributed by atoms with van der Waals surface area (Å²) in [4.78, 5) is 1.10. The molecule has 4 rings (SSSR count). The van der Waals surface area contributed by atoms with Crippen molar-refractivity contribution in [3.05, 3.63) is 71.3 Å². The van der Waals surface area contributed by atoms with Gasteiger partial charge in [-0.3, -0.25) is 0 Å². The molecule has 0 amide bonds. The van der Waals surface area contributed by atoms with Crippen LogP contribution in [0.2, 0.25) is 0 Å². The maximum atomic E-state index is 4.76. The molecule has 0 atom stereocenters. The zero-order chi connectivity index (χ0) is 17.2. The Morgan fingerprint density at radius 2 is 1.76 bits per heavy atom. The van der Waals surface area contributed by atoms with E-state index in [1.807, 2.05) is 72.7 Å². The minimum Gasteiger partial charge on any atom is -0.240 e. The third kappa shape index (κ3) is 3.01.